The van der Waals surface area contributed by atoms with Gasteiger partial charge in [-0.2, -0.15) is 0 Å². The van der Waals surface area contributed by atoms with Crippen molar-refractivity contribution < 1.29 is 33.2 Å². The zero-order chi connectivity index (χ0) is 28.6. The van der Waals surface area contributed by atoms with Gasteiger partial charge >= 0.3 is 0 Å². The Morgan fingerprint density at radius 2 is 1.05 bits per heavy atom. The minimum Gasteiger partial charge on any atom is -0.493 e. The number of carbonyl (C=O) groups excluding carboxylic acids is 1. The molecule has 8 heteroatoms. The molecule has 3 aromatic rings. The van der Waals surface area contributed by atoms with Crippen LogP contribution in [0.2, 0.25) is 0 Å². The summed E-state index contributed by atoms with van der Waals surface area (Å²) in [5, 5.41) is 0. The van der Waals surface area contributed by atoms with Crippen LogP contribution in [0.1, 0.15) is 16.7 Å². The second-order valence-electron chi connectivity index (χ2n) is 9.15. The number of likely N-dealkylation sites (tertiary alicyclic amines) is 1. The van der Waals surface area contributed by atoms with Gasteiger partial charge in [0.2, 0.25) is 11.5 Å². The van der Waals surface area contributed by atoms with Crippen LogP contribution in [-0.2, 0) is 11.3 Å². The quantitative estimate of drug-likeness (QED) is 0.318. The number of carbonyl (C=O) groups is 1. The second kappa shape index (κ2) is 13.1. The zero-order valence-corrected chi connectivity index (χ0v) is 23.8. The van der Waals surface area contributed by atoms with Gasteiger partial charge in [-0.25, -0.2) is 0 Å². The minimum atomic E-state index is -0.0574. The van der Waals surface area contributed by atoms with E-state index in [4.69, 9.17) is 28.4 Å². The molecule has 0 atom stereocenters. The van der Waals surface area contributed by atoms with Crippen LogP contribution in [0, 0.1) is 0 Å². The van der Waals surface area contributed by atoms with E-state index < -0.39 is 0 Å². The predicted molar refractivity (Wildman–Crippen MR) is 155 cm³/mol. The molecule has 3 aromatic carbocycles. The van der Waals surface area contributed by atoms with Crippen LogP contribution in [0.25, 0.3) is 12.2 Å². The van der Waals surface area contributed by atoms with Crippen molar-refractivity contribution >= 4 is 17.9 Å². The van der Waals surface area contributed by atoms with E-state index in [0.29, 0.717) is 76.4 Å². The summed E-state index contributed by atoms with van der Waals surface area (Å²) in [5.74, 6) is 2.96. The molecule has 210 valence electrons. The summed E-state index contributed by atoms with van der Waals surface area (Å²) in [4.78, 5) is 16.2. The molecule has 1 fully saturated rings. The van der Waals surface area contributed by atoms with Crippen LogP contribution in [0.4, 0.5) is 0 Å². The number of benzene rings is 3. The van der Waals surface area contributed by atoms with Crippen LogP contribution in [0.15, 0.2) is 65.7 Å². The van der Waals surface area contributed by atoms with Gasteiger partial charge in [-0.05, 0) is 42.0 Å². The van der Waals surface area contributed by atoms with Crippen LogP contribution >= 0.6 is 0 Å². The monoisotopic (exact) mass is 545 g/mol. The number of hydrogen-bond donors (Lipinski definition) is 0. The Morgan fingerprint density at radius 1 is 0.600 bits per heavy atom. The summed E-state index contributed by atoms with van der Waals surface area (Å²) in [6.07, 6.45) is 3.72. The fourth-order valence-corrected chi connectivity index (χ4v) is 4.91. The topological polar surface area (TPSA) is 75.7 Å². The predicted octanol–water partition coefficient (Wildman–Crippen LogP) is 5.29. The zero-order valence-electron chi connectivity index (χ0n) is 23.8. The molecule has 1 saturated heterocycles. The molecule has 0 aliphatic carbocycles. The van der Waals surface area contributed by atoms with Crippen molar-refractivity contribution in [3.8, 4) is 34.5 Å². The first-order valence-electron chi connectivity index (χ1n) is 12.8. The van der Waals surface area contributed by atoms with E-state index in [1.165, 1.54) is 0 Å². The summed E-state index contributed by atoms with van der Waals surface area (Å²) in [5.41, 5.74) is 3.83. The number of rotatable bonds is 10. The lowest BCUT2D eigenvalue weighted by atomic mass is 9.93. The van der Waals surface area contributed by atoms with Gasteiger partial charge in [0.15, 0.2) is 28.8 Å². The van der Waals surface area contributed by atoms with Gasteiger partial charge in [-0.1, -0.05) is 30.3 Å². The number of ether oxygens (including phenoxy) is 6. The highest BCUT2D eigenvalue weighted by atomic mass is 16.5. The average molecular weight is 546 g/mol. The van der Waals surface area contributed by atoms with Crippen molar-refractivity contribution in [2.24, 2.45) is 0 Å². The van der Waals surface area contributed by atoms with Gasteiger partial charge in [-0.15, -0.1) is 0 Å². The van der Waals surface area contributed by atoms with Gasteiger partial charge in [-0.3, -0.25) is 9.69 Å². The summed E-state index contributed by atoms with van der Waals surface area (Å²) in [6.45, 7) is 1.60. The lowest BCUT2D eigenvalue weighted by molar-refractivity contribution is -0.113. The molecule has 1 aliphatic heterocycles. The minimum absolute atomic E-state index is 0.0574. The summed E-state index contributed by atoms with van der Waals surface area (Å²) in [6, 6.07) is 17.5. The standard InChI is InChI=1S/C32H35NO7/c1-35-26-14-12-22(29(37-3)31(26)39-5)16-24-19-33(18-21-10-8-7-9-11-21)20-25(28(24)34)17-23-13-15-27(36-2)32(40-6)30(23)38-4/h7-17H,18-20H2,1-6H3/b24-16-,25-17-. The molecule has 0 spiro atoms. The molecule has 0 radical (unpaired) electrons. The highest BCUT2D eigenvalue weighted by Crippen LogP contribution is 2.42. The van der Waals surface area contributed by atoms with Crippen molar-refractivity contribution in [3.05, 3.63) is 82.4 Å². The maximum Gasteiger partial charge on any atom is 0.203 e. The summed E-state index contributed by atoms with van der Waals surface area (Å²) < 4.78 is 33.3. The third-order valence-electron chi connectivity index (χ3n) is 6.75. The van der Waals surface area contributed by atoms with Crippen molar-refractivity contribution in [3.63, 3.8) is 0 Å². The highest BCUT2D eigenvalue weighted by Gasteiger charge is 2.28. The largest absolute Gasteiger partial charge is 0.493 e. The van der Waals surface area contributed by atoms with E-state index in [0.717, 1.165) is 5.56 Å². The van der Waals surface area contributed by atoms with E-state index in [9.17, 15) is 4.79 Å². The first kappa shape index (κ1) is 28.6. The van der Waals surface area contributed by atoms with E-state index >= 15 is 0 Å². The number of hydrogen-bond acceptors (Lipinski definition) is 8. The van der Waals surface area contributed by atoms with Crippen molar-refractivity contribution in [1.29, 1.82) is 0 Å². The molecule has 4 rings (SSSR count). The Kier molecular flexibility index (Phi) is 9.35. The van der Waals surface area contributed by atoms with Crippen LogP contribution < -0.4 is 28.4 Å². The van der Waals surface area contributed by atoms with Crippen LogP contribution in [0.5, 0.6) is 34.5 Å². The van der Waals surface area contributed by atoms with Gasteiger partial charge in [0, 0.05) is 41.9 Å². The van der Waals surface area contributed by atoms with Gasteiger partial charge in [0.1, 0.15) is 0 Å². The van der Waals surface area contributed by atoms with E-state index in [1.54, 1.807) is 54.8 Å². The molecule has 8 nitrogen and oxygen atoms in total. The number of nitrogens with zero attached hydrogens (tertiary/aromatic N) is 1. The molecule has 1 aliphatic rings. The first-order valence-corrected chi connectivity index (χ1v) is 12.8. The molecular formula is C32H35NO7. The normalized spacial score (nSPS) is 15.7. The molecule has 1 heterocycles. The number of ketones is 1. The van der Waals surface area contributed by atoms with Crippen molar-refractivity contribution in [1.82, 2.24) is 4.90 Å². The SMILES string of the molecule is COc1ccc(/C=C2/CN(Cc3ccccc3)C/C(=C/c3ccc(OC)c(OC)c3OC)C2=O)c(OC)c1OC. The van der Waals surface area contributed by atoms with Gasteiger partial charge < -0.3 is 28.4 Å². The van der Waals surface area contributed by atoms with Crippen molar-refractivity contribution in [2.75, 3.05) is 55.7 Å². The Morgan fingerprint density at radius 3 is 1.45 bits per heavy atom. The maximum atomic E-state index is 13.9. The average Bonchev–Trinajstić information content (AvgIpc) is 2.99. The highest BCUT2D eigenvalue weighted by molar-refractivity contribution is 6.15. The molecule has 0 amide bonds. The molecule has 0 unspecified atom stereocenters. The van der Waals surface area contributed by atoms with Crippen LogP contribution in [-0.4, -0.2) is 66.4 Å². The number of methoxy groups -OCH3 is 6. The third-order valence-corrected chi connectivity index (χ3v) is 6.75. The number of Topliss-reactive ketones (excluding diaryl/α,β-unsaturated/α-hetero) is 1. The number of piperidine rings is 1. The smallest absolute Gasteiger partial charge is 0.203 e. The Balaban J connectivity index is 1.82. The summed E-state index contributed by atoms with van der Waals surface area (Å²) >= 11 is 0. The molecule has 40 heavy (non-hydrogen) atoms. The Labute approximate surface area is 235 Å². The second-order valence-corrected chi connectivity index (χ2v) is 9.15. The Hall–Kier alpha value is -4.43. The van der Waals surface area contributed by atoms with Crippen molar-refractivity contribution in [2.45, 2.75) is 6.54 Å². The lowest BCUT2D eigenvalue weighted by Gasteiger charge is -2.30. The van der Waals surface area contributed by atoms with Crippen LogP contribution in [0.3, 0.4) is 0 Å². The van der Waals surface area contributed by atoms with E-state index in [1.807, 2.05) is 42.5 Å². The van der Waals surface area contributed by atoms with Gasteiger partial charge in [0.05, 0.1) is 42.7 Å². The van der Waals surface area contributed by atoms with Gasteiger partial charge in [0.25, 0.3) is 0 Å². The third kappa shape index (κ3) is 5.92. The maximum absolute atomic E-state index is 13.9. The fourth-order valence-electron chi connectivity index (χ4n) is 4.91. The summed E-state index contributed by atoms with van der Waals surface area (Å²) in [7, 11) is 9.39. The Bertz CT molecular complexity index is 1330. The fraction of sp³-hybridized carbons (Fsp3) is 0.281. The molecule has 0 N–H and O–H groups in total. The van der Waals surface area contributed by atoms with E-state index in [2.05, 4.69) is 17.0 Å². The molecule has 0 saturated carbocycles. The molecular weight excluding hydrogens is 510 g/mol. The molecule has 0 aromatic heterocycles. The first-order chi connectivity index (χ1) is 19.5. The molecule has 0 bridgehead atoms. The van der Waals surface area contributed by atoms with E-state index in [-0.39, 0.29) is 5.78 Å². The lowest BCUT2D eigenvalue weighted by Crippen LogP contribution is -2.37.